The average molecular weight is 178 g/mol. The van der Waals surface area contributed by atoms with Crippen molar-refractivity contribution in [2.45, 2.75) is 46.5 Å². The van der Waals surface area contributed by atoms with Crippen LogP contribution in [0.2, 0.25) is 0 Å². The standard InChI is InChI=1S/C12H18O/c1-8-6-10-11(13)4-5-12(10,3)7-9(8)2/h10H,4-7H2,1-3H3/t10-,12-/m0/s1. The van der Waals surface area contributed by atoms with Crippen molar-refractivity contribution >= 4 is 5.78 Å². The molecule has 0 aromatic rings. The van der Waals surface area contributed by atoms with Crippen LogP contribution in [0.3, 0.4) is 0 Å². The summed E-state index contributed by atoms with van der Waals surface area (Å²) < 4.78 is 0. The van der Waals surface area contributed by atoms with Gasteiger partial charge >= 0.3 is 0 Å². The van der Waals surface area contributed by atoms with Crippen LogP contribution in [0, 0.1) is 11.3 Å². The molecule has 0 spiro atoms. The molecule has 0 bridgehead atoms. The Balaban J connectivity index is 2.33. The van der Waals surface area contributed by atoms with E-state index in [-0.39, 0.29) is 0 Å². The van der Waals surface area contributed by atoms with E-state index in [0.29, 0.717) is 17.1 Å². The van der Waals surface area contributed by atoms with E-state index in [1.165, 1.54) is 11.1 Å². The van der Waals surface area contributed by atoms with Crippen LogP contribution in [0.1, 0.15) is 46.5 Å². The number of carbonyl (C=O) groups is 1. The molecule has 1 heteroatoms. The Kier molecular flexibility index (Phi) is 1.86. The lowest BCUT2D eigenvalue weighted by Gasteiger charge is -2.36. The first-order valence-electron chi connectivity index (χ1n) is 5.21. The molecular formula is C12H18O. The maximum Gasteiger partial charge on any atom is 0.136 e. The van der Waals surface area contributed by atoms with Crippen molar-refractivity contribution in [2.75, 3.05) is 0 Å². The van der Waals surface area contributed by atoms with Crippen LogP contribution >= 0.6 is 0 Å². The first-order chi connectivity index (χ1) is 6.03. The quantitative estimate of drug-likeness (QED) is 0.521. The maximum absolute atomic E-state index is 11.6. The van der Waals surface area contributed by atoms with Crippen LogP contribution in [0.4, 0.5) is 0 Å². The van der Waals surface area contributed by atoms with E-state index < -0.39 is 0 Å². The molecule has 0 heterocycles. The topological polar surface area (TPSA) is 17.1 Å². The van der Waals surface area contributed by atoms with Gasteiger partial charge in [0.05, 0.1) is 0 Å². The van der Waals surface area contributed by atoms with Gasteiger partial charge in [-0.25, -0.2) is 0 Å². The van der Waals surface area contributed by atoms with Gasteiger partial charge in [-0.1, -0.05) is 18.1 Å². The van der Waals surface area contributed by atoms with E-state index in [0.717, 1.165) is 25.7 Å². The van der Waals surface area contributed by atoms with Gasteiger partial charge in [0.1, 0.15) is 5.78 Å². The molecule has 1 nitrogen and oxygen atoms in total. The van der Waals surface area contributed by atoms with E-state index in [1.807, 2.05) is 0 Å². The fourth-order valence-electron chi connectivity index (χ4n) is 2.95. The molecule has 72 valence electrons. The number of hydrogen-bond acceptors (Lipinski definition) is 1. The van der Waals surface area contributed by atoms with Crippen LogP contribution in [0.15, 0.2) is 11.1 Å². The molecule has 0 radical (unpaired) electrons. The van der Waals surface area contributed by atoms with E-state index in [9.17, 15) is 4.79 Å². The highest BCUT2D eigenvalue weighted by Gasteiger charge is 2.46. The number of hydrogen-bond donors (Lipinski definition) is 0. The van der Waals surface area contributed by atoms with E-state index in [4.69, 9.17) is 0 Å². The Hall–Kier alpha value is -0.590. The van der Waals surface area contributed by atoms with E-state index in [1.54, 1.807) is 0 Å². The molecule has 0 saturated heterocycles. The molecule has 13 heavy (non-hydrogen) atoms. The lowest BCUT2D eigenvalue weighted by molar-refractivity contribution is -0.122. The summed E-state index contributed by atoms with van der Waals surface area (Å²) in [6.07, 6.45) is 4.11. The third-order valence-corrected chi connectivity index (χ3v) is 4.08. The fourth-order valence-corrected chi connectivity index (χ4v) is 2.95. The Bertz CT molecular complexity index is 287. The molecule has 1 saturated carbocycles. The molecule has 0 aromatic heterocycles. The second-order valence-electron chi connectivity index (χ2n) is 5.11. The predicted molar refractivity (Wildman–Crippen MR) is 53.4 cm³/mol. The lowest BCUT2D eigenvalue weighted by Crippen LogP contribution is -2.29. The summed E-state index contributed by atoms with van der Waals surface area (Å²) in [7, 11) is 0. The van der Waals surface area contributed by atoms with Crippen molar-refractivity contribution in [1.82, 2.24) is 0 Å². The van der Waals surface area contributed by atoms with Crippen molar-refractivity contribution in [2.24, 2.45) is 11.3 Å². The highest BCUT2D eigenvalue weighted by Crippen LogP contribution is 2.51. The van der Waals surface area contributed by atoms with Gasteiger partial charge in [0.15, 0.2) is 0 Å². The second-order valence-corrected chi connectivity index (χ2v) is 5.11. The van der Waals surface area contributed by atoms with Gasteiger partial charge in [0.25, 0.3) is 0 Å². The predicted octanol–water partition coefficient (Wildman–Crippen LogP) is 3.10. The van der Waals surface area contributed by atoms with Gasteiger partial charge in [-0.05, 0) is 38.5 Å². The smallest absolute Gasteiger partial charge is 0.136 e. The SMILES string of the molecule is CC1=C(C)C[C@]2(C)CCC(=O)[C@@H]2C1. The van der Waals surface area contributed by atoms with Gasteiger partial charge in [-0.3, -0.25) is 4.79 Å². The van der Waals surface area contributed by atoms with Crippen LogP contribution < -0.4 is 0 Å². The Morgan fingerprint density at radius 2 is 2.00 bits per heavy atom. The zero-order valence-corrected chi connectivity index (χ0v) is 8.81. The van der Waals surface area contributed by atoms with Gasteiger partial charge in [0, 0.05) is 12.3 Å². The molecule has 2 atom stereocenters. The summed E-state index contributed by atoms with van der Waals surface area (Å²) in [5, 5.41) is 0. The first-order valence-corrected chi connectivity index (χ1v) is 5.21. The van der Waals surface area contributed by atoms with Gasteiger partial charge in [0.2, 0.25) is 0 Å². The number of rotatable bonds is 0. The normalized spacial score (nSPS) is 39.6. The van der Waals surface area contributed by atoms with Crippen LogP contribution in [0.25, 0.3) is 0 Å². The number of ketones is 1. The summed E-state index contributed by atoms with van der Waals surface area (Å²) >= 11 is 0. The minimum Gasteiger partial charge on any atom is -0.299 e. The van der Waals surface area contributed by atoms with Crippen LogP contribution in [-0.4, -0.2) is 5.78 Å². The van der Waals surface area contributed by atoms with Gasteiger partial charge in [-0.15, -0.1) is 0 Å². The highest BCUT2D eigenvalue weighted by atomic mass is 16.1. The summed E-state index contributed by atoms with van der Waals surface area (Å²) in [5.41, 5.74) is 3.28. The molecule has 2 aliphatic rings. The first kappa shape index (κ1) is 8.98. The third-order valence-electron chi connectivity index (χ3n) is 4.08. The molecule has 0 aliphatic heterocycles. The summed E-state index contributed by atoms with van der Waals surface area (Å²) in [4.78, 5) is 11.6. The average Bonchev–Trinajstić information content (AvgIpc) is 2.32. The number of fused-ring (bicyclic) bond motifs is 1. The van der Waals surface area contributed by atoms with Crippen molar-refractivity contribution < 1.29 is 4.79 Å². The van der Waals surface area contributed by atoms with Gasteiger partial charge in [-0.2, -0.15) is 0 Å². The molecule has 2 rings (SSSR count). The zero-order valence-electron chi connectivity index (χ0n) is 8.81. The molecule has 0 unspecified atom stereocenters. The number of carbonyl (C=O) groups excluding carboxylic acids is 1. The molecule has 0 aromatic carbocycles. The third kappa shape index (κ3) is 1.25. The van der Waals surface area contributed by atoms with Crippen molar-refractivity contribution in [3.63, 3.8) is 0 Å². The Morgan fingerprint density at radius 1 is 1.31 bits per heavy atom. The summed E-state index contributed by atoms with van der Waals surface area (Å²) in [6, 6.07) is 0. The molecule has 0 N–H and O–H groups in total. The van der Waals surface area contributed by atoms with Crippen molar-refractivity contribution in [1.29, 1.82) is 0 Å². The van der Waals surface area contributed by atoms with Gasteiger partial charge < -0.3 is 0 Å². The molecule has 2 aliphatic carbocycles. The van der Waals surface area contributed by atoms with E-state index >= 15 is 0 Å². The largest absolute Gasteiger partial charge is 0.299 e. The van der Waals surface area contributed by atoms with Crippen molar-refractivity contribution in [3.05, 3.63) is 11.1 Å². The minimum atomic E-state index is 0.306. The Labute approximate surface area is 80.2 Å². The van der Waals surface area contributed by atoms with Crippen LogP contribution in [0.5, 0.6) is 0 Å². The number of allylic oxidation sites excluding steroid dienone is 2. The molecule has 1 fully saturated rings. The molecular weight excluding hydrogens is 160 g/mol. The Morgan fingerprint density at radius 3 is 2.69 bits per heavy atom. The molecule has 0 amide bonds. The second kappa shape index (κ2) is 2.70. The fraction of sp³-hybridized carbons (Fsp3) is 0.750. The summed E-state index contributed by atoms with van der Waals surface area (Å²) in [5.74, 6) is 0.852. The van der Waals surface area contributed by atoms with Crippen molar-refractivity contribution in [3.8, 4) is 0 Å². The summed E-state index contributed by atoms with van der Waals surface area (Å²) in [6.45, 7) is 6.69. The van der Waals surface area contributed by atoms with E-state index in [2.05, 4.69) is 20.8 Å². The minimum absolute atomic E-state index is 0.306. The number of Topliss-reactive ketones (excluding diaryl/α,β-unsaturated/α-hetero) is 1. The lowest BCUT2D eigenvalue weighted by atomic mass is 9.68. The maximum atomic E-state index is 11.6. The highest BCUT2D eigenvalue weighted by molar-refractivity contribution is 5.84. The monoisotopic (exact) mass is 178 g/mol. The zero-order chi connectivity index (χ0) is 9.64. The van der Waals surface area contributed by atoms with Crippen LogP contribution in [-0.2, 0) is 4.79 Å².